The molecular weight excluding hydrogens is 294 g/mol. The molecule has 1 rings (SSSR count). The number of hydrogen-bond donors (Lipinski definition) is 1. The summed E-state index contributed by atoms with van der Waals surface area (Å²) in [6, 6.07) is 1.18. The molecule has 20 heavy (non-hydrogen) atoms. The van der Waals surface area contributed by atoms with Crippen molar-refractivity contribution in [3.05, 3.63) is 22.8 Å². The number of alkyl halides is 2. The molecule has 1 aromatic heterocycles. The highest BCUT2D eigenvalue weighted by Crippen LogP contribution is 2.25. The molecule has 0 saturated heterocycles. The van der Waals surface area contributed by atoms with Gasteiger partial charge in [0, 0.05) is 6.20 Å². The van der Waals surface area contributed by atoms with Gasteiger partial charge in [-0.25, -0.2) is 18.6 Å². The van der Waals surface area contributed by atoms with Gasteiger partial charge < -0.3 is 4.74 Å². The number of amides is 1. The summed E-state index contributed by atoms with van der Waals surface area (Å²) in [7, 11) is 0. The Morgan fingerprint density at radius 1 is 1.40 bits per heavy atom. The van der Waals surface area contributed by atoms with E-state index in [9.17, 15) is 18.4 Å². The monoisotopic (exact) mass is 306 g/mol. The molecule has 8 heteroatoms. The van der Waals surface area contributed by atoms with Gasteiger partial charge in [0.15, 0.2) is 0 Å². The van der Waals surface area contributed by atoms with Gasteiger partial charge in [-0.1, -0.05) is 11.6 Å². The van der Waals surface area contributed by atoms with Gasteiger partial charge in [-0.2, -0.15) is 0 Å². The predicted octanol–water partition coefficient (Wildman–Crippen LogP) is 3.53. The molecule has 0 aliphatic heterocycles. The maximum absolute atomic E-state index is 12.5. The molecule has 0 spiro atoms. The van der Waals surface area contributed by atoms with Crippen LogP contribution in [-0.2, 0) is 4.74 Å². The lowest BCUT2D eigenvalue weighted by Gasteiger charge is -2.20. The van der Waals surface area contributed by atoms with Crippen LogP contribution in [0.3, 0.4) is 0 Å². The molecule has 1 N–H and O–H groups in total. The van der Waals surface area contributed by atoms with Crippen LogP contribution in [0.2, 0.25) is 5.02 Å². The molecule has 0 aliphatic rings. The summed E-state index contributed by atoms with van der Waals surface area (Å²) in [6.45, 7) is 4.88. The van der Waals surface area contributed by atoms with Gasteiger partial charge in [-0.15, -0.1) is 0 Å². The first-order chi connectivity index (χ1) is 9.11. The van der Waals surface area contributed by atoms with Crippen LogP contribution in [-0.4, -0.2) is 28.9 Å². The van der Waals surface area contributed by atoms with E-state index >= 15 is 0 Å². The molecule has 0 bridgehead atoms. The summed E-state index contributed by atoms with van der Waals surface area (Å²) < 4.78 is 30.0. The smallest absolute Gasteiger partial charge is 0.413 e. The average molecular weight is 307 g/mol. The maximum Gasteiger partial charge on any atom is 0.413 e. The van der Waals surface area contributed by atoms with Gasteiger partial charge in [0.05, 0.1) is 10.6 Å². The highest BCUT2D eigenvalue weighted by Gasteiger charge is 2.26. The van der Waals surface area contributed by atoms with Crippen molar-refractivity contribution in [1.82, 2.24) is 4.98 Å². The van der Waals surface area contributed by atoms with E-state index in [1.54, 1.807) is 20.8 Å². The molecule has 0 aromatic carbocycles. The molecule has 1 heterocycles. The molecular formula is C12H13ClF2N2O3. The highest BCUT2D eigenvalue weighted by atomic mass is 35.5. The lowest BCUT2D eigenvalue weighted by Crippen LogP contribution is -2.28. The Bertz CT molecular complexity index is 530. The second kappa shape index (κ2) is 6.13. The minimum Gasteiger partial charge on any atom is -0.444 e. The number of nitrogens with one attached hydrogen (secondary N) is 1. The zero-order valence-corrected chi connectivity index (χ0v) is 11.8. The Morgan fingerprint density at radius 3 is 2.50 bits per heavy atom. The fourth-order valence-corrected chi connectivity index (χ4v) is 1.52. The second-order valence-corrected chi connectivity index (χ2v) is 5.22. The first-order valence-corrected chi connectivity index (χ1v) is 5.96. The molecule has 5 nitrogen and oxygen atoms in total. The number of pyridine rings is 1. The standard InChI is InChI=1S/C12H13ClF2N2O3/c1-12(2,3)20-11(19)17-10-7(8(18)9(14)15)6(13)4-5-16-10/h4-5,9H,1-3H3,(H,16,17,19). The van der Waals surface area contributed by atoms with Crippen molar-refractivity contribution in [3.63, 3.8) is 0 Å². The summed E-state index contributed by atoms with van der Waals surface area (Å²) in [6.07, 6.45) is -3.00. The molecule has 0 aliphatic carbocycles. The van der Waals surface area contributed by atoms with Crippen molar-refractivity contribution in [1.29, 1.82) is 0 Å². The fourth-order valence-electron chi connectivity index (χ4n) is 1.28. The van der Waals surface area contributed by atoms with Gasteiger partial charge in [-0.3, -0.25) is 10.1 Å². The van der Waals surface area contributed by atoms with Crippen molar-refractivity contribution in [2.75, 3.05) is 5.32 Å². The normalized spacial score (nSPS) is 11.3. The van der Waals surface area contributed by atoms with E-state index in [4.69, 9.17) is 16.3 Å². The quantitative estimate of drug-likeness (QED) is 0.867. The summed E-state index contributed by atoms with van der Waals surface area (Å²) in [5.74, 6) is -1.88. The number of carbonyl (C=O) groups excluding carboxylic acids is 2. The van der Waals surface area contributed by atoms with Crippen LogP contribution in [0, 0.1) is 0 Å². The van der Waals surface area contributed by atoms with Crippen LogP contribution in [0.4, 0.5) is 19.4 Å². The second-order valence-electron chi connectivity index (χ2n) is 4.81. The Balaban J connectivity index is 3.04. The zero-order chi connectivity index (χ0) is 15.5. The van der Waals surface area contributed by atoms with E-state index in [0.717, 1.165) is 0 Å². The van der Waals surface area contributed by atoms with Gasteiger partial charge in [-0.05, 0) is 26.8 Å². The SMILES string of the molecule is CC(C)(C)OC(=O)Nc1nccc(Cl)c1C(=O)C(F)F. The number of nitrogens with zero attached hydrogens (tertiary/aromatic N) is 1. The fraction of sp³-hybridized carbons (Fsp3) is 0.417. The number of rotatable bonds is 3. The molecule has 110 valence electrons. The van der Waals surface area contributed by atoms with Crippen molar-refractivity contribution >= 4 is 29.3 Å². The van der Waals surface area contributed by atoms with Crippen LogP contribution in [0.5, 0.6) is 0 Å². The third kappa shape index (κ3) is 4.41. The van der Waals surface area contributed by atoms with Gasteiger partial charge >= 0.3 is 12.5 Å². The third-order valence-corrected chi connectivity index (χ3v) is 2.28. The molecule has 1 aromatic rings. The van der Waals surface area contributed by atoms with E-state index in [1.165, 1.54) is 12.3 Å². The molecule has 0 radical (unpaired) electrons. The van der Waals surface area contributed by atoms with Crippen molar-refractivity contribution in [2.24, 2.45) is 0 Å². The van der Waals surface area contributed by atoms with E-state index in [2.05, 4.69) is 10.3 Å². The number of anilines is 1. The number of carbonyl (C=O) groups is 2. The third-order valence-electron chi connectivity index (χ3n) is 1.96. The number of Topliss-reactive ketones (excluding diaryl/α,β-unsaturated/α-hetero) is 1. The van der Waals surface area contributed by atoms with E-state index < -0.39 is 29.5 Å². The van der Waals surface area contributed by atoms with E-state index in [0.29, 0.717) is 0 Å². The Kier molecular flexibility index (Phi) is 4.99. The Morgan fingerprint density at radius 2 is 2.00 bits per heavy atom. The molecule has 0 saturated carbocycles. The van der Waals surface area contributed by atoms with Crippen molar-refractivity contribution < 1.29 is 23.1 Å². The van der Waals surface area contributed by atoms with Crippen molar-refractivity contribution in [3.8, 4) is 0 Å². The van der Waals surface area contributed by atoms with Gasteiger partial charge in [0.2, 0.25) is 5.78 Å². The Labute approximate surface area is 119 Å². The maximum atomic E-state index is 12.5. The highest BCUT2D eigenvalue weighted by molar-refractivity contribution is 6.35. The molecule has 0 fully saturated rings. The van der Waals surface area contributed by atoms with E-state index in [1.807, 2.05) is 0 Å². The molecule has 1 amide bonds. The van der Waals surface area contributed by atoms with Crippen LogP contribution in [0.25, 0.3) is 0 Å². The van der Waals surface area contributed by atoms with Gasteiger partial charge in [0.25, 0.3) is 0 Å². The molecule has 0 unspecified atom stereocenters. The number of ether oxygens (including phenoxy) is 1. The first kappa shape index (κ1) is 16.3. The van der Waals surface area contributed by atoms with Crippen LogP contribution in [0.1, 0.15) is 31.1 Å². The first-order valence-electron chi connectivity index (χ1n) is 5.58. The topological polar surface area (TPSA) is 68.3 Å². The number of aromatic nitrogens is 1. The van der Waals surface area contributed by atoms with Crippen LogP contribution < -0.4 is 5.32 Å². The van der Waals surface area contributed by atoms with Crippen LogP contribution in [0.15, 0.2) is 12.3 Å². The number of hydrogen-bond acceptors (Lipinski definition) is 4. The summed E-state index contributed by atoms with van der Waals surface area (Å²) in [5, 5.41) is 1.91. The van der Waals surface area contributed by atoms with Gasteiger partial charge in [0.1, 0.15) is 11.4 Å². The van der Waals surface area contributed by atoms with E-state index in [-0.39, 0.29) is 10.8 Å². The summed E-state index contributed by atoms with van der Waals surface area (Å²) in [5.41, 5.74) is -1.33. The number of halogens is 3. The minimum atomic E-state index is -3.25. The molecule has 0 atom stereocenters. The lowest BCUT2D eigenvalue weighted by atomic mass is 10.1. The average Bonchev–Trinajstić information content (AvgIpc) is 2.25. The lowest BCUT2D eigenvalue weighted by molar-refractivity contribution is 0.0634. The largest absolute Gasteiger partial charge is 0.444 e. The summed E-state index contributed by atoms with van der Waals surface area (Å²) in [4.78, 5) is 26.6. The van der Waals surface area contributed by atoms with Crippen molar-refractivity contribution in [2.45, 2.75) is 32.8 Å². The Hall–Kier alpha value is -1.76. The summed E-state index contributed by atoms with van der Waals surface area (Å²) >= 11 is 5.70. The van der Waals surface area contributed by atoms with Crippen LogP contribution >= 0.6 is 11.6 Å². The predicted molar refractivity (Wildman–Crippen MR) is 69.4 cm³/mol. The minimum absolute atomic E-state index is 0.226. The zero-order valence-electron chi connectivity index (χ0n) is 11.0. The number of ketones is 1.